The second-order valence-corrected chi connectivity index (χ2v) is 2.87. The van der Waals surface area contributed by atoms with E-state index < -0.39 is 0 Å². The number of aromatic nitrogens is 3. The first-order valence-electron chi connectivity index (χ1n) is 3.48. The maximum absolute atomic E-state index is 11.3. The summed E-state index contributed by atoms with van der Waals surface area (Å²) in [6.45, 7) is 0. The van der Waals surface area contributed by atoms with Gasteiger partial charge in [0.05, 0.1) is 11.3 Å². The standard InChI is InChI=1S/C7H5ClN4O/c8-3-1-4(9)12-6-5(3)7(13)11-2-10-6/h1-2H,(H3,9,10,11,12,13). The number of nitrogens with two attached hydrogens (primary N) is 1. The first-order chi connectivity index (χ1) is 6.18. The number of halogens is 1. The molecule has 3 N–H and O–H groups in total. The van der Waals surface area contributed by atoms with E-state index in [0.717, 1.165) is 0 Å². The van der Waals surface area contributed by atoms with Gasteiger partial charge in [-0.2, -0.15) is 0 Å². The van der Waals surface area contributed by atoms with Crippen LogP contribution in [0.25, 0.3) is 11.0 Å². The van der Waals surface area contributed by atoms with Gasteiger partial charge in [0, 0.05) is 0 Å². The number of pyridine rings is 1. The lowest BCUT2D eigenvalue weighted by Gasteiger charge is -1.98. The van der Waals surface area contributed by atoms with Gasteiger partial charge in [-0.05, 0) is 6.07 Å². The van der Waals surface area contributed by atoms with E-state index in [4.69, 9.17) is 17.3 Å². The molecule has 5 nitrogen and oxygen atoms in total. The Bertz CT molecular complexity index is 521. The van der Waals surface area contributed by atoms with E-state index in [1.165, 1.54) is 12.4 Å². The normalized spacial score (nSPS) is 10.5. The summed E-state index contributed by atoms with van der Waals surface area (Å²) in [4.78, 5) is 21.3. The lowest BCUT2D eigenvalue weighted by Crippen LogP contribution is -2.08. The number of H-pyrrole nitrogens is 1. The number of nitrogen functional groups attached to an aromatic ring is 1. The molecule has 2 aromatic rings. The maximum atomic E-state index is 11.3. The molecule has 0 amide bonds. The van der Waals surface area contributed by atoms with Gasteiger partial charge in [-0.15, -0.1) is 0 Å². The van der Waals surface area contributed by atoms with Gasteiger partial charge in [-0.3, -0.25) is 4.79 Å². The van der Waals surface area contributed by atoms with Gasteiger partial charge in [-0.1, -0.05) is 11.6 Å². The highest BCUT2D eigenvalue weighted by Gasteiger charge is 2.06. The molecule has 0 bridgehead atoms. The zero-order chi connectivity index (χ0) is 9.42. The molecule has 2 aromatic heterocycles. The SMILES string of the molecule is Nc1cc(Cl)c2c(=O)[nH]cnc2n1. The van der Waals surface area contributed by atoms with Crippen molar-refractivity contribution in [2.24, 2.45) is 0 Å². The van der Waals surface area contributed by atoms with Crippen molar-refractivity contribution in [1.82, 2.24) is 15.0 Å². The molecule has 0 spiro atoms. The predicted molar refractivity (Wildman–Crippen MR) is 49.6 cm³/mol. The third kappa shape index (κ3) is 1.23. The summed E-state index contributed by atoms with van der Waals surface area (Å²) in [5.41, 5.74) is 5.37. The third-order valence-electron chi connectivity index (χ3n) is 1.58. The van der Waals surface area contributed by atoms with E-state index >= 15 is 0 Å². The van der Waals surface area contributed by atoms with Crippen LogP contribution < -0.4 is 11.3 Å². The first-order valence-corrected chi connectivity index (χ1v) is 3.85. The van der Waals surface area contributed by atoms with Crippen LogP contribution in [0.1, 0.15) is 0 Å². The number of hydrogen-bond acceptors (Lipinski definition) is 4. The summed E-state index contributed by atoms with van der Waals surface area (Å²) in [7, 11) is 0. The van der Waals surface area contributed by atoms with E-state index in [9.17, 15) is 4.79 Å². The minimum atomic E-state index is -0.317. The summed E-state index contributed by atoms with van der Waals surface area (Å²) in [6, 6.07) is 1.42. The van der Waals surface area contributed by atoms with E-state index in [2.05, 4.69) is 15.0 Å². The van der Waals surface area contributed by atoms with Gasteiger partial charge < -0.3 is 10.7 Å². The molecule has 0 fully saturated rings. The molecule has 66 valence electrons. The van der Waals surface area contributed by atoms with E-state index in [0.29, 0.717) is 0 Å². The van der Waals surface area contributed by atoms with Crippen LogP contribution in [0.15, 0.2) is 17.2 Å². The zero-order valence-corrected chi connectivity index (χ0v) is 7.17. The molecular formula is C7H5ClN4O. The van der Waals surface area contributed by atoms with Crippen LogP contribution in [0.4, 0.5) is 5.82 Å². The Morgan fingerprint density at radius 3 is 3.08 bits per heavy atom. The Hall–Kier alpha value is -1.62. The lowest BCUT2D eigenvalue weighted by atomic mass is 10.3. The number of hydrogen-bond donors (Lipinski definition) is 2. The third-order valence-corrected chi connectivity index (χ3v) is 1.88. The van der Waals surface area contributed by atoms with E-state index in [1.807, 2.05) is 0 Å². The smallest absolute Gasteiger partial charge is 0.261 e. The fourth-order valence-corrected chi connectivity index (χ4v) is 1.33. The summed E-state index contributed by atoms with van der Waals surface area (Å²) in [5.74, 6) is 0.246. The van der Waals surface area contributed by atoms with Crippen LogP contribution in [0.3, 0.4) is 0 Å². The average Bonchev–Trinajstić information content (AvgIpc) is 2.02. The number of fused-ring (bicyclic) bond motifs is 1. The first kappa shape index (κ1) is 8.00. The summed E-state index contributed by atoms with van der Waals surface area (Å²) in [6.07, 6.45) is 1.26. The fraction of sp³-hybridized carbons (Fsp3) is 0. The van der Waals surface area contributed by atoms with Crippen molar-refractivity contribution in [3.63, 3.8) is 0 Å². The van der Waals surface area contributed by atoms with Crippen LogP contribution in [0, 0.1) is 0 Å². The van der Waals surface area contributed by atoms with Crippen molar-refractivity contribution in [1.29, 1.82) is 0 Å². The van der Waals surface area contributed by atoms with E-state index in [1.54, 1.807) is 0 Å². The Morgan fingerprint density at radius 1 is 1.54 bits per heavy atom. The van der Waals surface area contributed by atoms with Crippen molar-refractivity contribution >= 4 is 28.5 Å². The second-order valence-electron chi connectivity index (χ2n) is 2.46. The maximum Gasteiger partial charge on any atom is 0.261 e. The van der Waals surface area contributed by atoms with Crippen LogP contribution in [0.5, 0.6) is 0 Å². The highest BCUT2D eigenvalue weighted by Crippen LogP contribution is 2.18. The van der Waals surface area contributed by atoms with E-state index in [-0.39, 0.29) is 27.4 Å². The lowest BCUT2D eigenvalue weighted by molar-refractivity contribution is 1.14. The van der Waals surface area contributed by atoms with Gasteiger partial charge in [0.2, 0.25) is 0 Å². The molecule has 13 heavy (non-hydrogen) atoms. The molecule has 0 saturated heterocycles. The largest absolute Gasteiger partial charge is 0.384 e. The van der Waals surface area contributed by atoms with Crippen molar-refractivity contribution in [2.45, 2.75) is 0 Å². The molecule has 2 heterocycles. The van der Waals surface area contributed by atoms with Crippen LogP contribution >= 0.6 is 11.6 Å². The number of nitrogens with one attached hydrogen (secondary N) is 1. The summed E-state index contributed by atoms with van der Waals surface area (Å²) in [5, 5.41) is 0.523. The van der Waals surface area contributed by atoms with Crippen LogP contribution in [-0.2, 0) is 0 Å². The number of nitrogens with zero attached hydrogens (tertiary/aromatic N) is 2. The van der Waals surface area contributed by atoms with Gasteiger partial charge in [-0.25, -0.2) is 9.97 Å². The second kappa shape index (κ2) is 2.70. The average molecular weight is 197 g/mol. The molecular weight excluding hydrogens is 192 g/mol. The number of rotatable bonds is 0. The highest BCUT2D eigenvalue weighted by molar-refractivity contribution is 6.35. The summed E-state index contributed by atoms with van der Waals surface area (Å²) >= 11 is 5.79. The molecule has 0 aliphatic heterocycles. The molecule has 0 unspecified atom stereocenters. The molecule has 0 saturated carbocycles. The predicted octanol–water partition coefficient (Wildman–Crippen LogP) is 0.554. The van der Waals surface area contributed by atoms with Gasteiger partial charge in [0.25, 0.3) is 5.56 Å². The van der Waals surface area contributed by atoms with Crippen molar-refractivity contribution < 1.29 is 0 Å². The molecule has 0 radical (unpaired) electrons. The zero-order valence-electron chi connectivity index (χ0n) is 6.41. The van der Waals surface area contributed by atoms with Gasteiger partial charge in [0.15, 0.2) is 5.65 Å². The molecule has 0 aromatic carbocycles. The minimum Gasteiger partial charge on any atom is -0.384 e. The summed E-state index contributed by atoms with van der Waals surface area (Å²) < 4.78 is 0. The fourth-order valence-electron chi connectivity index (χ4n) is 1.05. The van der Waals surface area contributed by atoms with Gasteiger partial charge >= 0.3 is 0 Å². The molecule has 6 heteroatoms. The van der Waals surface area contributed by atoms with Crippen LogP contribution in [-0.4, -0.2) is 15.0 Å². The molecule has 2 rings (SSSR count). The quantitative estimate of drug-likeness (QED) is 0.645. The monoisotopic (exact) mass is 196 g/mol. The van der Waals surface area contributed by atoms with Crippen molar-refractivity contribution in [2.75, 3.05) is 5.73 Å². The Morgan fingerprint density at radius 2 is 2.31 bits per heavy atom. The number of aromatic amines is 1. The number of anilines is 1. The Kier molecular flexibility index (Phi) is 1.66. The van der Waals surface area contributed by atoms with Crippen molar-refractivity contribution in [3.8, 4) is 0 Å². The molecule has 0 aliphatic carbocycles. The minimum absolute atomic E-state index is 0.246. The molecule has 0 aliphatic rings. The highest BCUT2D eigenvalue weighted by atomic mass is 35.5. The van der Waals surface area contributed by atoms with Crippen molar-refractivity contribution in [3.05, 3.63) is 27.8 Å². The van der Waals surface area contributed by atoms with Gasteiger partial charge in [0.1, 0.15) is 11.2 Å². The van der Waals surface area contributed by atoms with Crippen LogP contribution in [0.2, 0.25) is 5.02 Å². The Balaban J connectivity index is 3.03. The molecule has 0 atom stereocenters. The Labute approximate surface area is 77.6 Å². The topological polar surface area (TPSA) is 84.7 Å².